The fourth-order valence-corrected chi connectivity index (χ4v) is 2.99. The van der Waals surface area contributed by atoms with Gasteiger partial charge >= 0.3 is 0 Å². The van der Waals surface area contributed by atoms with E-state index < -0.39 is 15.9 Å². The number of carbonyl (C=O) groups is 1. The number of hydrogen-bond acceptors (Lipinski definition) is 5. The Morgan fingerprint density at radius 2 is 1.86 bits per heavy atom. The van der Waals surface area contributed by atoms with Crippen molar-refractivity contribution in [1.29, 1.82) is 0 Å². The molecule has 1 N–H and O–H groups in total. The summed E-state index contributed by atoms with van der Waals surface area (Å²) in [5, 5.41) is 4.13. The van der Waals surface area contributed by atoms with Gasteiger partial charge in [0.15, 0.2) is 5.76 Å². The third kappa shape index (κ3) is 3.31. The Morgan fingerprint density at radius 1 is 1.27 bits per heavy atom. The molecule has 8 heteroatoms. The molecule has 1 aromatic carbocycles. The molecule has 6 nitrogen and oxygen atoms in total. The summed E-state index contributed by atoms with van der Waals surface area (Å²) < 4.78 is 31.5. The smallest absolute Gasteiger partial charge is 0.270 e. The molecule has 2 rings (SSSR count). The minimum absolute atomic E-state index is 0.0505. The lowest BCUT2D eigenvalue weighted by Gasteiger charge is -2.08. The van der Waals surface area contributed by atoms with Crippen LogP contribution in [0.4, 0.5) is 0 Å². The largest absolute Gasteiger partial charge is 0.360 e. The maximum Gasteiger partial charge on any atom is 0.270 e. The van der Waals surface area contributed by atoms with Crippen LogP contribution in [0.5, 0.6) is 0 Å². The molecule has 1 amide bonds. The van der Waals surface area contributed by atoms with Crippen LogP contribution in [0.25, 0.3) is 0 Å². The van der Waals surface area contributed by atoms with E-state index in [-0.39, 0.29) is 16.4 Å². The maximum absolute atomic E-state index is 12.3. The Hall–Kier alpha value is -1.86. The molecule has 1 heterocycles. The average molecular weight is 343 g/mol. The number of carbonyl (C=O) groups excluding carboxylic acids is 1. The molecule has 0 radical (unpaired) electrons. The average Bonchev–Trinajstić information content (AvgIpc) is 2.81. The van der Waals surface area contributed by atoms with Gasteiger partial charge in [-0.05, 0) is 31.2 Å². The summed E-state index contributed by atoms with van der Waals surface area (Å²) in [5.74, 6) is -0.515. The molecule has 1 aromatic heterocycles. The van der Waals surface area contributed by atoms with Gasteiger partial charge in [0.2, 0.25) is 0 Å². The minimum atomic E-state index is -3.99. The summed E-state index contributed by atoms with van der Waals surface area (Å²) in [6.07, 6.45) is 0. The summed E-state index contributed by atoms with van der Waals surface area (Å²) in [4.78, 5) is 12.2. The van der Waals surface area contributed by atoms with Gasteiger partial charge in [-0.1, -0.05) is 30.6 Å². The number of nitrogens with zero attached hydrogens (tertiary/aromatic N) is 1. The summed E-state index contributed by atoms with van der Waals surface area (Å²) in [6, 6.07) is 5.51. The summed E-state index contributed by atoms with van der Waals surface area (Å²) >= 11 is 5.72. The van der Waals surface area contributed by atoms with Crippen LogP contribution in [0.15, 0.2) is 33.7 Å². The monoisotopic (exact) mass is 342 g/mol. The third-order valence-corrected chi connectivity index (χ3v) is 4.59. The standard InChI is InChI=1S/C14H15ClN2O4S/c1-8(2)13-12(9(3)16-21-13)14(18)17-22(19,20)11-6-4-10(15)5-7-11/h4-8H,1-3H3,(H,17,18). The molecule has 22 heavy (non-hydrogen) atoms. The predicted molar refractivity (Wildman–Crippen MR) is 81.4 cm³/mol. The van der Waals surface area contributed by atoms with Gasteiger partial charge in [-0.25, -0.2) is 13.1 Å². The van der Waals surface area contributed by atoms with Crippen LogP contribution in [-0.2, 0) is 10.0 Å². The summed E-state index contributed by atoms with van der Waals surface area (Å²) in [6.45, 7) is 5.23. The number of amides is 1. The van der Waals surface area contributed by atoms with E-state index in [1.165, 1.54) is 24.3 Å². The summed E-state index contributed by atoms with van der Waals surface area (Å²) in [5.41, 5.74) is 0.486. The molecule has 0 spiro atoms. The van der Waals surface area contributed by atoms with Gasteiger partial charge in [0.1, 0.15) is 5.56 Å². The Kier molecular flexibility index (Phi) is 4.58. The zero-order valence-corrected chi connectivity index (χ0v) is 13.8. The van der Waals surface area contributed by atoms with Gasteiger partial charge in [-0.15, -0.1) is 0 Å². The van der Waals surface area contributed by atoms with Crippen LogP contribution in [0, 0.1) is 6.92 Å². The van der Waals surface area contributed by atoms with Crippen molar-refractivity contribution < 1.29 is 17.7 Å². The lowest BCUT2D eigenvalue weighted by Crippen LogP contribution is -2.31. The number of aryl methyl sites for hydroxylation is 1. The third-order valence-electron chi connectivity index (χ3n) is 2.99. The highest BCUT2D eigenvalue weighted by Gasteiger charge is 2.26. The Labute approximate surface area is 133 Å². The number of aromatic nitrogens is 1. The molecule has 0 aliphatic carbocycles. The first kappa shape index (κ1) is 16.5. The van der Waals surface area contributed by atoms with Crippen molar-refractivity contribution in [1.82, 2.24) is 9.88 Å². The zero-order chi connectivity index (χ0) is 16.5. The highest BCUT2D eigenvalue weighted by atomic mass is 35.5. The van der Waals surface area contributed by atoms with Gasteiger partial charge in [0, 0.05) is 10.9 Å². The van der Waals surface area contributed by atoms with Crippen molar-refractivity contribution in [2.24, 2.45) is 0 Å². The van der Waals surface area contributed by atoms with E-state index in [2.05, 4.69) is 5.16 Å². The van der Waals surface area contributed by atoms with Crippen LogP contribution >= 0.6 is 11.6 Å². The van der Waals surface area contributed by atoms with Crippen LogP contribution in [0.3, 0.4) is 0 Å². The number of sulfonamides is 1. The number of halogens is 1. The number of benzene rings is 1. The van der Waals surface area contributed by atoms with Gasteiger partial charge in [0.05, 0.1) is 10.6 Å². The van der Waals surface area contributed by atoms with Crippen molar-refractivity contribution in [2.75, 3.05) is 0 Å². The van der Waals surface area contributed by atoms with Crippen molar-refractivity contribution in [2.45, 2.75) is 31.6 Å². The molecular weight excluding hydrogens is 328 g/mol. The van der Waals surface area contributed by atoms with E-state index in [1.54, 1.807) is 6.92 Å². The maximum atomic E-state index is 12.3. The van der Waals surface area contributed by atoms with Crippen molar-refractivity contribution in [3.63, 3.8) is 0 Å². The molecule has 0 bridgehead atoms. The van der Waals surface area contributed by atoms with Crippen molar-refractivity contribution in [3.05, 3.63) is 46.3 Å². The summed E-state index contributed by atoms with van der Waals surface area (Å²) in [7, 11) is -3.99. The van der Waals surface area contributed by atoms with Gasteiger partial charge in [0.25, 0.3) is 15.9 Å². The molecule has 0 aliphatic rings. The first-order valence-corrected chi connectivity index (χ1v) is 8.37. The van der Waals surface area contributed by atoms with E-state index in [9.17, 15) is 13.2 Å². The number of nitrogens with one attached hydrogen (secondary N) is 1. The Bertz CT molecular complexity index is 795. The highest BCUT2D eigenvalue weighted by molar-refractivity contribution is 7.90. The molecule has 0 aliphatic heterocycles. The lowest BCUT2D eigenvalue weighted by molar-refractivity contribution is 0.0978. The van der Waals surface area contributed by atoms with Gasteiger partial charge < -0.3 is 4.52 Å². The minimum Gasteiger partial charge on any atom is -0.360 e. The molecule has 0 saturated heterocycles. The zero-order valence-electron chi connectivity index (χ0n) is 12.3. The van der Waals surface area contributed by atoms with Crippen LogP contribution in [0.1, 0.15) is 41.6 Å². The second-order valence-corrected chi connectivity index (χ2v) is 7.17. The molecule has 2 aromatic rings. The second-order valence-electron chi connectivity index (χ2n) is 5.05. The topological polar surface area (TPSA) is 89.3 Å². The molecule has 0 saturated carbocycles. The van der Waals surface area contributed by atoms with Crippen molar-refractivity contribution in [3.8, 4) is 0 Å². The lowest BCUT2D eigenvalue weighted by atomic mass is 10.1. The fraction of sp³-hybridized carbons (Fsp3) is 0.286. The van der Waals surface area contributed by atoms with Gasteiger partial charge in [-0.3, -0.25) is 4.79 Å². The Balaban J connectivity index is 2.32. The number of hydrogen-bond donors (Lipinski definition) is 1. The first-order chi connectivity index (χ1) is 10.2. The first-order valence-electron chi connectivity index (χ1n) is 6.51. The Morgan fingerprint density at radius 3 is 2.41 bits per heavy atom. The SMILES string of the molecule is Cc1noc(C(C)C)c1C(=O)NS(=O)(=O)c1ccc(Cl)cc1. The van der Waals surface area contributed by atoms with E-state index in [0.29, 0.717) is 16.5 Å². The number of rotatable bonds is 4. The molecule has 0 atom stereocenters. The van der Waals surface area contributed by atoms with Crippen LogP contribution in [-0.4, -0.2) is 19.5 Å². The molecular formula is C14H15ClN2O4S. The highest BCUT2D eigenvalue weighted by Crippen LogP contribution is 2.23. The second kappa shape index (κ2) is 6.10. The quantitative estimate of drug-likeness (QED) is 0.922. The van der Waals surface area contributed by atoms with Crippen LogP contribution < -0.4 is 4.72 Å². The molecule has 0 fully saturated rings. The van der Waals surface area contributed by atoms with Crippen LogP contribution in [0.2, 0.25) is 5.02 Å². The van der Waals surface area contributed by atoms with E-state index in [4.69, 9.17) is 16.1 Å². The fourth-order valence-electron chi connectivity index (χ4n) is 1.90. The van der Waals surface area contributed by atoms with E-state index in [0.717, 1.165) is 0 Å². The molecule has 118 valence electrons. The van der Waals surface area contributed by atoms with Gasteiger partial charge in [-0.2, -0.15) is 0 Å². The van der Waals surface area contributed by atoms with Crippen molar-refractivity contribution >= 4 is 27.5 Å². The van der Waals surface area contributed by atoms with E-state index >= 15 is 0 Å². The predicted octanol–water partition coefficient (Wildman–Crippen LogP) is 2.88. The normalized spacial score (nSPS) is 11.7. The van der Waals surface area contributed by atoms with E-state index in [1.807, 2.05) is 18.6 Å². The molecule has 0 unspecified atom stereocenters.